The van der Waals surface area contributed by atoms with Gasteiger partial charge >= 0.3 is 0 Å². The molecule has 124 valence electrons. The molecule has 24 heavy (non-hydrogen) atoms. The Morgan fingerprint density at radius 1 is 1.12 bits per heavy atom. The van der Waals surface area contributed by atoms with E-state index in [0.717, 1.165) is 12.8 Å². The molecule has 7 heteroatoms. The third kappa shape index (κ3) is 3.98. The van der Waals surface area contributed by atoms with Crippen molar-refractivity contribution in [1.29, 1.82) is 0 Å². The van der Waals surface area contributed by atoms with Crippen LogP contribution in [0.15, 0.2) is 47.2 Å². The maximum absolute atomic E-state index is 12.2. The number of hydrogen-bond donors (Lipinski definition) is 2. The Morgan fingerprint density at radius 3 is 2.46 bits per heavy atom. The molecule has 1 aromatic carbocycles. The summed E-state index contributed by atoms with van der Waals surface area (Å²) in [5, 5.41) is 5.61. The molecule has 1 aromatic heterocycles. The second kappa shape index (κ2) is 7.55. The molecule has 0 radical (unpaired) electrons. The van der Waals surface area contributed by atoms with Gasteiger partial charge in [-0.3, -0.25) is 14.6 Å². The van der Waals surface area contributed by atoms with Crippen LogP contribution in [0.25, 0.3) is 0 Å². The Labute approximate surface area is 147 Å². The van der Waals surface area contributed by atoms with Crippen molar-refractivity contribution in [3.8, 4) is 0 Å². The van der Waals surface area contributed by atoms with Gasteiger partial charge in [0.2, 0.25) is 0 Å². The summed E-state index contributed by atoms with van der Waals surface area (Å²) in [6.07, 6.45) is 4.42. The summed E-state index contributed by atoms with van der Waals surface area (Å²) in [4.78, 5) is 28.1. The zero-order chi connectivity index (χ0) is 16.9. The second-order valence-electron chi connectivity index (χ2n) is 5.38. The third-order valence-electron chi connectivity index (χ3n) is 3.65. The standard InChI is InChI=1S/C17H16BrN3O3/c18-14-10-19-8-7-13(14)16(22)20-11-3-5-12(6-4-11)21-17(23)15-2-1-9-24-15/h3-8,10,15H,1-2,9H2,(H,20,22)(H,21,23). The zero-order valence-electron chi connectivity index (χ0n) is 12.8. The minimum absolute atomic E-state index is 0.134. The number of halogens is 1. The van der Waals surface area contributed by atoms with E-state index in [1.54, 1.807) is 42.7 Å². The molecule has 1 fully saturated rings. The lowest BCUT2D eigenvalue weighted by atomic mass is 10.2. The average molecular weight is 390 g/mol. The van der Waals surface area contributed by atoms with Crippen molar-refractivity contribution in [2.75, 3.05) is 17.2 Å². The van der Waals surface area contributed by atoms with E-state index in [1.165, 1.54) is 0 Å². The van der Waals surface area contributed by atoms with Gasteiger partial charge in [-0.15, -0.1) is 0 Å². The predicted octanol–water partition coefficient (Wildman–Crippen LogP) is 3.21. The number of nitrogens with zero attached hydrogens (tertiary/aromatic N) is 1. The smallest absolute Gasteiger partial charge is 0.256 e. The number of benzene rings is 1. The number of carbonyl (C=O) groups excluding carboxylic acids is 2. The van der Waals surface area contributed by atoms with Gasteiger partial charge < -0.3 is 15.4 Å². The Hall–Kier alpha value is -2.25. The molecule has 1 aliphatic rings. The van der Waals surface area contributed by atoms with Crippen LogP contribution >= 0.6 is 15.9 Å². The number of rotatable bonds is 4. The second-order valence-corrected chi connectivity index (χ2v) is 6.23. The topological polar surface area (TPSA) is 80.3 Å². The van der Waals surface area contributed by atoms with E-state index >= 15 is 0 Å². The van der Waals surface area contributed by atoms with Crippen LogP contribution in [0.4, 0.5) is 11.4 Å². The first-order valence-electron chi connectivity index (χ1n) is 7.57. The Kier molecular flexibility index (Phi) is 5.22. The largest absolute Gasteiger partial charge is 0.368 e. The number of hydrogen-bond acceptors (Lipinski definition) is 4. The van der Waals surface area contributed by atoms with E-state index in [4.69, 9.17) is 4.74 Å². The molecule has 2 amide bonds. The quantitative estimate of drug-likeness (QED) is 0.840. The lowest BCUT2D eigenvalue weighted by molar-refractivity contribution is -0.124. The molecular formula is C17H16BrN3O3. The molecule has 3 rings (SSSR count). The number of carbonyl (C=O) groups is 2. The number of nitrogens with one attached hydrogen (secondary N) is 2. The van der Waals surface area contributed by atoms with Gasteiger partial charge in [-0.25, -0.2) is 0 Å². The molecule has 1 aliphatic heterocycles. The van der Waals surface area contributed by atoms with E-state index in [1.807, 2.05) is 0 Å². The van der Waals surface area contributed by atoms with Gasteiger partial charge in [-0.2, -0.15) is 0 Å². The maximum Gasteiger partial charge on any atom is 0.256 e. The minimum Gasteiger partial charge on any atom is -0.368 e. The molecule has 2 aromatic rings. The van der Waals surface area contributed by atoms with Crippen LogP contribution in [0.5, 0.6) is 0 Å². The summed E-state index contributed by atoms with van der Waals surface area (Å²) in [6, 6.07) is 8.58. The monoisotopic (exact) mass is 389 g/mol. The van der Waals surface area contributed by atoms with E-state index in [9.17, 15) is 9.59 Å². The van der Waals surface area contributed by atoms with Crippen LogP contribution < -0.4 is 10.6 Å². The van der Waals surface area contributed by atoms with Gasteiger partial charge in [-0.05, 0) is 59.1 Å². The highest BCUT2D eigenvalue weighted by atomic mass is 79.9. The predicted molar refractivity (Wildman–Crippen MR) is 93.9 cm³/mol. The third-order valence-corrected chi connectivity index (χ3v) is 4.28. The first kappa shape index (κ1) is 16.6. The fraction of sp³-hybridized carbons (Fsp3) is 0.235. The van der Waals surface area contributed by atoms with Crippen molar-refractivity contribution in [3.63, 3.8) is 0 Å². The van der Waals surface area contributed by atoms with Crippen molar-refractivity contribution in [2.24, 2.45) is 0 Å². The lowest BCUT2D eigenvalue weighted by Gasteiger charge is -2.11. The highest BCUT2D eigenvalue weighted by Gasteiger charge is 2.23. The molecule has 6 nitrogen and oxygen atoms in total. The molecule has 1 unspecified atom stereocenters. The Bertz CT molecular complexity index is 743. The van der Waals surface area contributed by atoms with E-state index in [-0.39, 0.29) is 17.9 Å². The number of aromatic nitrogens is 1. The molecule has 0 spiro atoms. The maximum atomic E-state index is 12.2. The highest BCUT2D eigenvalue weighted by molar-refractivity contribution is 9.10. The van der Waals surface area contributed by atoms with Crippen LogP contribution in [0.2, 0.25) is 0 Å². The first-order chi connectivity index (χ1) is 11.6. The fourth-order valence-electron chi connectivity index (χ4n) is 2.40. The number of ether oxygens (including phenoxy) is 1. The van der Waals surface area contributed by atoms with E-state index in [2.05, 4.69) is 31.5 Å². The van der Waals surface area contributed by atoms with Gasteiger partial charge in [0.1, 0.15) is 6.10 Å². The summed E-state index contributed by atoms with van der Waals surface area (Å²) in [5.74, 6) is -0.370. The van der Waals surface area contributed by atoms with E-state index in [0.29, 0.717) is 28.0 Å². The van der Waals surface area contributed by atoms with Crippen molar-refractivity contribution in [3.05, 3.63) is 52.8 Å². The van der Waals surface area contributed by atoms with Gasteiger partial charge in [0, 0.05) is 34.8 Å². The molecular weight excluding hydrogens is 374 g/mol. The molecule has 1 atom stereocenters. The van der Waals surface area contributed by atoms with Crippen LogP contribution in [-0.2, 0) is 9.53 Å². The van der Waals surface area contributed by atoms with Crippen LogP contribution in [0.3, 0.4) is 0 Å². The molecule has 0 saturated carbocycles. The van der Waals surface area contributed by atoms with Crippen LogP contribution in [0.1, 0.15) is 23.2 Å². The molecule has 0 aliphatic carbocycles. The van der Waals surface area contributed by atoms with E-state index < -0.39 is 0 Å². The molecule has 2 heterocycles. The number of pyridine rings is 1. The SMILES string of the molecule is O=C(Nc1ccc(NC(=O)C2CCCO2)cc1)c1ccncc1Br. The fourth-order valence-corrected chi connectivity index (χ4v) is 2.83. The summed E-state index contributed by atoms with van der Waals surface area (Å²) in [5.41, 5.74) is 1.80. The first-order valence-corrected chi connectivity index (χ1v) is 8.36. The van der Waals surface area contributed by atoms with Crippen LogP contribution in [0, 0.1) is 0 Å². The van der Waals surface area contributed by atoms with Crippen LogP contribution in [-0.4, -0.2) is 29.5 Å². The summed E-state index contributed by atoms with van der Waals surface area (Å²) in [6.45, 7) is 0.633. The molecule has 2 N–H and O–H groups in total. The zero-order valence-corrected chi connectivity index (χ0v) is 14.4. The number of anilines is 2. The summed E-state index contributed by atoms with van der Waals surface area (Å²) in [7, 11) is 0. The van der Waals surface area contributed by atoms with Crippen molar-refractivity contribution >= 4 is 39.1 Å². The molecule has 0 bridgehead atoms. The van der Waals surface area contributed by atoms with Gasteiger partial charge in [-0.1, -0.05) is 0 Å². The number of amides is 2. The summed E-state index contributed by atoms with van der Waals surface area (Å²) >= 11 is 3.30. The van der Waals surface area contributed by atoms with Gasteiger partial charge in [0.25, 0.3) is 11.8 Å². The Balaban J connectivity index is 1.61. The van der Waals surface area contributed by atoms with Crippen molar-refractivity contribution in [1.82, 2.24) is 4.98 Å². The Morgan fingerprint density at radius 2 is 1.83 bits per heavy atom. The van der Waals surface area contributed by atoms with Crippen molar-refractivity contribution in [2.45, 2.75) is 18.9 Å². The van der Waals surface area contributed by atoms with Gasteiger partial charge in [0.05, 0.1) is 5.56 Å². The normalized spacial score (nSPS) is 16.6. The lowest BCUT2D eigenvalue weighted by Crippen LogP contribution is -2.26. The summed E-state index contributed by atoms with van der Waals surface area (Å²) < 4.78 is 5.97. The van der Waals surface area contributed by atoms with Gasteiger partial charge in [0.15, 0.2) is 0 Å². The molecule has 1 saturated heterocycles. The van der Waals surface area contributed by atoms with Crippen molar-refractivity contribution < 1.29 is 14.3 Å². The average Bonchev–Trinajstić information content (AvgIpc) is 3.11. The minimum atomic E-state index is -0.367. The highest BCUT2D eigenvalue weighted by Crippen LogP contribution is 2.19.